The van der Waals surface area contributed by atoms with Crippen molar-refractivity contribution in [1.29, 1.82) is 0 Å². The summed E-state index contributed by atoms with van der Waals surface area (Å²) in [6.07, 6.45) is 1.60. The lowest BCUT2D eigenvalue weighted by Crippen LogP contribution is -2.44. The minimum absolute atomic E-state index is 0.244. The second-order valence-electron chi connectivity index (χ2n) is 4.12. The molecule has 4 heteroatoms. The molecule has 0 spiro atoms. The molecule has 0 heterocycles. The Bertz CT molecular complexity index is 218. The normalized spacial score (nSPS) is 13.5. The van der Waals surface area contributed by atoms with E-state index in [4.69, 9.17) is 5.73 Å². The van der Waals surface area contributed by atoms with Gasteiger partial charge in [-0.05, 0) is 20.3 Å². The Hall–Kier alpha value is -0.900. The van der Waals surface area contributed by atoms with Gasteiger partial charge in [0, 0.05) is 0 Å². The summed E-state index contributed by atoms with van der Waals surface area (Å²) in [4.78, 5) is 22.5. The monoisotopic (exact) mass is 201 g/mol. The first-order valence-corrected chi connectivity index (χ1v) is 4.84. The molecule has 0 bridgehead atoms. The number of nitrogens with two attached hydrogens (primary N) is 1. The summed E-state index contributed by atoms with van der Waals surface area (Å²) >= 11 is 0. The van der Waals surface area contributed by atoms with Crippen LogP contribution in [0.4, 0.5) is 0 Å². The molecule has 4 nitrogen and oxygen atoms in total. The van der Waals surface area contributed by atoms with Gasteiger partial charge in [-0.25, -0.2) is 4.79 Å². The molecule has 1 atom stereocenters. The zero-order valence-corrected chi connectivity index (χ0v) is 9.29. The number of hydrogen-bond acceptors (Lipinski definition) is 4. The number of carbonyl (C=O) groups excluding carboxylic acids is 2. The molecule has 0 radical (unpaired) electrons. The fraction of sp³-hybridized carbons (Fsp3) is 0.800. The van der Waals surface area contributed by atoms with Crippen molar-refractivity contribution in [3.8, 4) is 0 Å². The highest BCUT2D eigenvalue weighted by atomic mass is 16.6. The minimum atomic E-state index is -1.11. The molecule has 0 aliphatic rings. The Morgan fingerprint density at radius 1 is 1.43 bits per heavy atom. The zero-order chi connectivity index (χ0) is 11.4. The van der Waals surface area contributed by atoms with Crippen LogP contribution in [0.3, 0.4) is 0 Å². The molecule has 0 aromatic carbocycles. The van der Waals surface area contributed by atoms with Crippen LogP contribution in [0.15, 0.2) is 0 Å². The highest BCUT2D eigenvalue weighted by molar-refractivity contribution is 5.91. The number of carbonyl (C=O) groups is 2. The van der Waals surface area contributed by atoms with Crippen LogP contribution in [0.2, 0.25) is 0 Å². The Labute approximate surface area is 84.8 Å². The van der Waals surface area contributed by atoms with E-state index in [1.54, 1.807) is 6.92 Å². The van der Waals surface area contributed by atoms with Gasteiger partial charge >= 0.3 is 11.9 Å². The first kappa shape index (κ1) is 13.1. The summed E-state index contributed by atoms with van der Waals surface area (Å²) in [7, 11) is 0. The number of hydrogen-bond donors (Lipinski definition) is 1. The van der Waals surface area contributed by atoms with Crippen LogP contribution in [-0.4, -0.2) is 17.5 Å². The van der Waals surface area contributed by atoms with E-state index in [0.717, 1.165) is 12.8 Å². The third kappa shape index (κ3) is 4.37. The lowest BCUT2D eigenvalue weighted by molar-refractivity contribution is -0.165. The van der Waals surface area contributed by atoms with Crippen LogP contribution in [0, 0.1) is 5.92 Å². The summed E-state index contributed by atoms with van der Waals surface area (Å²) < 4.78 is 4.63. The molecule has 14 heavy (non-hydrogen) atoms. The molecule has 0 aliphatic heterocycles. The maximum Gasteiger partial charge on any atom is 0.333 e. The average molecular weight is 201 g/mol. The van der Waals surface area contributed by atoms with E-state index in [1.165, 1.54) is 13.8 Å². The predicted molar refractivity (Wildman–Crippen MR) is 53.4 cm³/mol. The smallest absolute Gasteiger partial charge is 0.333 e. The molecule has 0 aliphatic carbocycles. The van der Waals surface area contributed by atoms with E-state index in [9.17, 15) is 9.59 Å². The third-order valence-corrected chi connectivity index (χ3v) is 1.84. The van der Waals surface area contributed by atoms with Gasteiger partial charge in [0.2, 0.25) is 0 Å². The topological polar surface area (TPSA) is 69.4 Å². The summed E-state index contributed by atoms with van der Waals surface area (Å²) in [6.45, 7) is 6.72. The van der Waals surface area contributed by atoms with Crippen molar-refractivity contribution in [2.24, 2.45) is 11.7 Å². The number of ether oxygens (including phenoxy) is 1. The Kier molecular flexibility index (Phi) is 4.77. The fourth-order valence-electron chi connectivity index (χ4n) is 0.874. The van der Waals surface area contributed by atoms with Crippen molar-refractivity contribution in [3.05, 3.63) is 0 Å². The highest BCUT2D eigenvalue weighted by Crippen LogP contribution is 2.09. The van der Waals surface area contributed by atoms with E-state index in [2.05, 4.69) is 4.74 Å². The molecule has 0 saturated carbocycles. The van der Waals surface area contributed by atoms with Gasteiger partial charge in [0.25, 0.3) is 0 Å². The maximum atomic E-state index is 11.3. The van der Waals surface area contributed by atoms with Crippen LogP contribution in [0.5, 0.6) is 0 Å². The molecule has 0 fully saturated rings. The van der Waals surface area contributed by atoms with Crippen molar-refractivity contribution >= 4 is 11.9 Å². The SMILES string of the molecule is CCCC(C)C(=O)OC(=O)C(C)(C)N. The predicted octanol–water partition coefficient (Wildman–Crippen LogP) is 1.23. The van der Waals surface area contributed by atoms with Crippen LogP contribution in [0.25, 0.3) is 0 Å². The second-order valence-corrected chi connectivity index (χ2v) is 4.12. The standard InChI is InChI=1S/C10H19NO3/c1-5-6-7(2)8(12)14-9(13)10(3,4)11/h7H,5-6,11H2,1-4H3. The molecule has 2 N–H and O–H groups in total. The van der Waals surface area contributed by atoms with Crippen molar-refractivity contribution in [3.63, 3.8) is 0 Å². The summed E-state index contributed by atoms with van der Waals surface area (Å²) in [6, 6.07) is 0. The largest absolute Gasteiger partial charge is 0.392 e. The molecule has 0 amide bonds. The van der Waals surface area contributed by atoms with Gasteiger partial charge in [-0.1, -0.05) is 20.3 Å². The lowest BCUT2D eigenvalue weighted by Gasteiger charge is -2.17. The molecule has 0 aromatic heterocycles. The van der Waals surface area contributed by atoms with E-state index < -0.39 is 17.5 Å². The van der Waals surface area contributed by atoms with Crippen LogP contribution in [-0.2, 0) is 14.3 Å². The Balaban J connectivity index is 4.13. The van der Waals surface area contributed by atoms with E-state index in [0.29, 0.717) is 0 Å². The Morgan fingerprint density at radius 3 is 2.29 bits per heavy atom. The molecular weight excluding hydrogens is 182 g/mol. The fourth-order valence-corrected chi connectivity index (χ4v) is 0.874. The quantitative estimate of drug-likeness (QED) is 0.548. The van der Waals surface area contributed by atoms with Gasteiger partial charge in [-0.3, -0.25) is 4.79 Å². The Morgan fingerprint density at radius 2 is 1.93 bits per heavy atom. The van der Waals surface area contributed by atoms with Gasteiger partial charge in [-0.15, -0.1) is 0 Å². The third-order valence-electron chi connectivity index (χ3n) is 1.84. The molecule has 1 unspecified atom stereocenters. The van der Waals surface area contributed by atoms with Crippen LogP contribution >= 0.6 is 0 Å². The first-order valence-electron chi connectivity index (χ1n) is 4.84. The van der Waals surface area contributed by atoms with Gasteiger partial charge in [0.05, 0.1) is 5.92 Å². The lowest BCUT2D eigenvalue weighted by atomic mass is 10.1. The van der Waals surface area contributed by atoms with Crippen molar-refractivity contribution in [2.45, 2.75) is 46.1 Å². The highest BCUT2D eigenvalue weighted by Gasteiger charge is 2.27. The van der Waals surface area contributed by atoms with Crippen LogP contribution < -0.4 is 5.73 Å². The summed E-state index contributed by atoms with van der Waals surface area (Å²) in [5.74, 6) is -1.41. The van der Waals surface area contributed by atoms with E-state index >= 15 is 0 Å². The molecule has 0 saturated heterocycles. The van der Waals surface area contributed by atoms with Gasteiger partial charge in [0.15, 0.2) is 0 Å². The van der Waals surface area contributed by atoms with E-state index in [1.807, 2.05) is 6.92 Å². The average Bonchev–Trinajstić information content (AvgIpc) is 2.02. The molecule has 0 aromatic rings. The minimum Gasteiger partial charge on any atom is -0.392 e. The summed E-state index contributed by atoms with van der Waals surface area (Å²) in [5.41, 5.74) is 4.37. The zero-order valence-electron chi connectivity index (χ0n) is 9.29. The van der Waals surface area contributed by atoms with Crippen LogP contribution in [0.1, 0.15) is 40.5 Å². The molecule has 82 valence electrons. The van der Waals surface area contributed by atoms with Crippen molar-refractivity contribution < 1.29 is 14.3 Å². The van der Waals surface area contributed by atoms with Crippen molar-refractivity contribution in [2.75, 3.05) is 0 Å². The number of rotatable bonds is 4. The number of esters is 2. The summed E-state index contributed by atoms with van der Waals surface area (Å²) in [5, 5.41) is 0. The molecule has 0 rings (SSSR count). The first-order chi connectivity index (χ1) is 6.29. The molecular formula is C10H19NO3. The van der Waals surface area contributed by atoms with Gasteiger partial charge in [-0.2, -0.15) is 0 Å². The van der Waals surface area contributed by atoms with E-state index in [-0.39, 0.29) is 5.92 Å². The second kappa shape index (κ2) is 5.10. The van der Waals surface area contributed by atoms with Gasteiger partial charge in [0.1, 0.15) is 5.54 Å². The maximum absolute atomic E-state index is 11.3. The van der Waals surface area contributed by atoms with Crippen molar-refractivity contribution in [1.82, 2.24) is 0 Å². The van der Waals surface area contributed by atoms with Gasteiger partial charge < -0.3 is 10.5 Å².